The van der Waals surface area contributed by atoms with Gasteiger partial charge in [0.05, 0.1) is 24.5 Å². The minimum atomic E-state index is -0.317. The van der Waals surface area contributed by atoms with Crippen LogP contribution in [0.25, 0.3) is 0 Å². The van der Waals surface area contributed by atoms with Crippen molar-refractivity contribution in [1.82, 2.24) is 9.78 Å². The number of aromatic nitrogens is 2. The van der Waals surface area contributed by atoms with Crippen LogP contribution in [0.3, 0.4) is 0 Å². The first-order valence-electron chi connectivity index (χ1n) is 5.54. The number of nitrogens with zero attached hydrogens (tertiary/aromatic N) is 2. The minimum absolute atomic E-state index is 0.317. The number of aliphatic hydroxyl groups is 1. The highest BCUT2D eigenvalue weighted by atomic mass is 16.3. The third-order valence-electron chi connectivity index (χ3n) is 2.37. The molecule has 3 N–H and O–H groups in total. The Morgan fingerprint density at radius 3 is 2.73 bits per heavy atom. The molecule has 0 bridgehead atoms. The van der Waals surface area contributed by atoms with Gasteiger partial charge in [0.2, 0.25) is 0 Å². The van der Waals surface area contributed by atoms with Crippen LogP contribution >= 0.6 is 0 Å². The van der Waals surface area contributed by atoms with Gasteiger partial charge in [0.25, 0.3) is 0 Å². The lowest BCUT2D eigenvalue weighted by Gasteiger charge is -2.11. The molecular formula is C11H21N3O. The van der Waals surface area contributed by atoms with Crippen molar-refractivity contribution in [3.8, 4) is 0 Å². The van der Waals surface area contributed by atoms with E-state index in [1.807, 2.05) is 0 Å². The van der Waals surface area contributed by atoms with Gasteiger partial charge in [0.15, 0.2) is 0 Å². The second kappa shape index (κ2) is 5.75. The van der Waals surface area contributed by atoms with Crippen LogP contribution in [0.5, 0.6) is 0 Å². The van der Waals surface area contributed by atoms with Gasteiger partial charge in [-0.2, -0.15) is 5.10 Å². The molecule has 0 fully saturated rings. The summed E-state index contributed by atoms with van der Waals surface area (Å²) in [5.74, 6) is 0.706. The first-order valence-corrected chi connectivity index (χ1v) is 5.54. The normalized spacial score (nSPS) is 13.3. The highest BCUT2D eigenvalue weighted by Crippen LogP contribution is 2.09. The average Bonchev–Trinajstić information content (AvgIpc) is 2.50. The largest absolute Gasteiger partial charge is 0.396 e. The molecular weight excluding hydrogens is 190 g/mol. The van der Waals surface area contributed by atoms with Crippen LogP contribution in [-0.4, -0.2) is 21.0 Å². The van der Waals surface area contributed by atoms with E-state index in [1.54, 1.807) is 17.1 Å². The van der Waals surface area contributed by atoms with Crippen molar-refractivity contribution in [2.75, 3.05) is 5.73 Å². The van der Waals surface area contributed by atoms with E-state index < -0.39 is 0 Å². The highest BCUT2D eigenvalue weighted by Gasteiger charge is 2.06. The molecule has 1 aromatic rings. The fourth-order valence-corrected chi connectivity index (χ4v) is 1.55. The molecule has 4 nitrogen and oxygen atoms in total. The van der Waals surface area contributed by atoms with Gasteiger partial charge in [-0.05, 0) is 12.3 Å². The van der Waals surface area contributed by atoms with E-state index in [-0.39, 0.29) is 6.10 Å². The van der Waals surface area contributed by atoms with Crippen molar-refractivity contribution in [2.45, 2.75) is 45.8 Å². The molecule has 4 heteroatoms. The first kappa shape index (κ1) is 12.0. The van der Waals surface area contributed by atoms with Crippen molar-refractivity contribution in [3.05, 3.63) is 12.4 Å². The number of aliphatic hydroxyl groups excluding tert-OH is 1. The Hall–Kier alpha value is -1.03. The molecule has 0 aromatic carbocycles. The van der Waals surface area contributed by atoms with E-state index in [1.165, 1.54) is 0 Å². The number of rotatable bonds is 6. The quantitative estimate of drug-likeness (QED) is 0.752. The summed E-state index contributed by atoms with van der Waals surface area (Å²) in [7, 11) is 0. The predicted molar refractivity (Wildman–Crippen MR) is 61.3 cm³/mol. The Bertz CT molecular complexity index is 283. The summed E-state index contributed by atoms with van der Waals surface area (Å²) < 4.78 is 1.69. The molecule has 1 heterocycles. The Kier molecular flexibility index (Phi) is 4.62. The second-order valence-corrected chi connectivity index (χ2v) is 4.47. The molecule has 0 saturated heterocycles. The molecule has 0 aliphatic carbocycles. The number of hydrogen-bond acceptors (Lipinski definition) is 3. The maximum atomic E-state index is 9.72. The molecule has 86 valence electrons. The lowest BCUT2D eigenvalue weighted by Crippen LogP contribution is -2.16. The van der Waals surface area contributed by atoms with Crippen LogP contribution in [0.1, 0.15) is 33.1 Å². The molecule has 0 amide bonds. The first-order chi connectivity index (χ1) is 7.08. The molecule has 0 radical (unpaired) electrons. The van der Waals surface area contributed by atoms with Crippen LogP contribution in [0, 0.1) is 5.92 Å². The van der Waals surface area contributed by atoms with Gasteiger partial charge in [-0.3, -0.25) is 4.68 Å². The number of nitrogens with two attached hydrogens (primary N) is 1. The van der Waals surface area contributed by atoms with Crippen molar-refractivity contribution in [3.63, 3.8) is 0 Å². The molecule has 0 aliphatic rings. The lowest BCUT2D eigenvalue weighted by atomic mass is 10.0. The molecule has 1 rings (SSSR count). The van der Waals surface area contributed by atoms with Crippen molar-refractivity contribution in [1.29, 1.82) is 0 Å². The summed E-state index contributed by atoms with van der Waals surface area (Å²) in [4.78, 5) is 0. The molecule has 0 aliphatic heterocycles. The minimum Gasteiger partial charge on any atom is -0.396 e. The van der Waals surface area contributed by atoms with E-state index in [4.69, 9.17) is 5.73 Å². The molecule has 0 spiro atoms. The number of anilines is 1. The Morgan fingerprint density at radius 2 is 2.20 bits per heavy atom. The van der Waals surface area contributed by atoms with Crippen molar-refractivity contribution < 1.29 is 5.11 Å². The topological polar surface area (TPSA) is 64.1 Å². The third kappa shape index (κ3) is 4.83. The maximum absolute atomic E-state index is 9.72. The zero-order valence-corrected chi connectivity index (χ0v) is 9.56. The number of nitrogen functional groups attached to an aromatic ring is 1. The summed E-state index contributed by atoms with van der Waals surface area (Å²) in [5, 5.41) is 13.8. The highest BCUT2D eigenvalue weighted by molar-refractivity contribution is 5.30. The van der Waals surface area contributed by atoms with Crippen molar-refractivity contribution >= 4 is 5.69 Å². The van der Waals surface area contributed by atoms with Gasteiger partial charge in [-0.1, -0.05) is 26.7 Å². The summed E-state index contributed by atoms with van der Waals surface area (Å²) in [6, 6.07) is 0. The van der Waals surface area contributed by atoms with E-state index in [0.29, 0.717) is 18.2 Å². The molecule has 1 atom stereocenters. The summed E-state index contributed by atoms with van der Waals surface area (Å²) in [6.07, 6.45) is 6.08. The summed E-state index contributed by atoms with van der Waals surface area (Å²) >= 11 is 0. The zero-order valence-electron chi connectivity index (χ0n) is 9.56. The third-order valence-corrected chi connectivity index (χ3v) is 2.37. The SMILES string of the molecule is CC(C)CCCC(O)Cn1cc(N)cn1. The Balaban J connectivity index is 2.21. The number of hydrogen-bond donors (Lipinski definition) is 2. The van der Waals surface area contributed by atoms with E-state index in [9.17, 15) is 5.11 Å². The van der Waals surface area contributed by atoms with E-state index in [0.717, 1.165) is 19.3 Å². The van der Waals surface area contributed by atoms with Crippen LogP contribution < -0.4 is 5.73 Å². The van der Waals surface area contributed by atoms with Crippen LogP contribution in [-0.2, 0) is 6.54 Å². The molecule has 0 saturated carbocycles. The van der Waals surface area contributed by atoms with Gasteiger partial charge in [-0.25, -0.2) is 0 Å². The van der Waals surface area contributed by atoms with Crippen LogP contribution in [0.15, 0.2) is 12.4 Å². The summed E-state index contributed by atoms with van der Waals surface area (Å²) in [5.41, 5.74) is 6.17. The molecule has 1 aromatic heterocycles. The predicted octanol–water partition coefficient (Wildman–Crippen LogP) is 1.65. The Morgan fingerprint density at radius 1 is 1.47 bits per heavy atom. The van der Waals surface area contributed by atoms with Gasteiger partial charge < -0.3 is 10.8 Å². The standard InChI is InChI=1S/C11H21N3O/c1-9(2)4-3-5-11(15)8-14-7-10(12)6-13-14/h6-7,9,11,15H,3-5,8,12H2,1-2H3. The smallest absolute Gasteiger partial charge is 0.0736 e. The Labute approximate surface area is 91.1 Å². The second-order valence-electron chi connectivity index (χ2n) is 4.47. The van der Waals surface area contributed by atoms with Gasteiger partial charge in [-0.15, -0.1) is 0 Å². The van der Waals surface area contributed by atoms with E-state index in [2.05, 4.69) is 18.9 Å². The monoisotopic (exact) mass is 211 g/mol. The fraction of sp³-hybridized carbons (Fsp3) is 0.727. The van der Waals surface area contributed by atoms with Gasteiger partial charge >= 0.3 is 0 Å². The summed E-state index contributed by atoms with van der Waals surface area (Å²) in [6.45, 7) is 4.93. The fourth-order valence-electron chi connectivity index (χ4n) is 1.55. The van der Waals surface area contributed by atoms with Gasteiger partial charge in [0.1, 0.15) is 0 Å². The maximum Gasteiger partial charge on any atom is 0.0736 e. The zero-order chi connectivity index (χ0) is 11.3. The van der Waals surface area contributed by atoms with Gasteiger partial charge in [0, 0.05) is 6.20 Å². The van der Waals surface area contributed by atoms with Crippen molar-refractivity contribution in [2.24, 2.45) is 5.92 Å². The van der Waals surface area contributed by atoms with E-state index >= 15 is 0 Å². The lowest BCUT2D eigenvalue weighted by molar-refractivity contribution is 0.135. The molecule has 15 heavy (non-hydrogen) atoms. The van der Waals surface area contributed by atoms with Crippen LogP contribution in [0.2, 0.25) is 0 Å². The van der Waals surface area contributed by atoms with Crippen LogP contribution in [0.4, 0.5) is 5.69 Å². The molecule has 1 unspecified atom stereocenters. The average molecular weight is 211 g/mol.